The summed E-state index contributed by atoms with van der Waals surface area (Å²) in [4.78, 5) is 0. The monoisotopic (exact) mass is 451 g/mol. The molecule has 1 aliphatic carbocycles. The van der Waals surface area contributed by atoms with Gasteiger partial charge in [0.15, 0.2) is 0 Å². The SMILES string of the molecule is [CH2-]C1CC1C[NH-].[W+2].[W]. The van der Waals surface area contributed by atoms with Crippen molar-refractivity contribution in [1.29, 1.82) is 0 Å². The van der Waals surface area contributed by atoms with Crippen molar-refractivity contribution in [3.05, 3.63) is 12.7 Å². The Kier molecular flexibility index (Phi) is 7.76. The second-order valence-electron chi connectivity index (χ2n) is 1.96. The van der Waals surface area contributed by atoms with Crippen LogP contribution < -0.4 is 0 Å². The van der Waals surface area contributed by atoms with Gasteiger partial charge in [0, 0.05) is 21.1 Å². The smallest absolute Gasteiger partial charge is 0.677 e. The molecule has 1 fully saturated rings. The Labute approximate surface area is 79.3 Å². The summed E-state index contributed by atoms with van der Waals surface area (Å²) in [6.45, 7) is 4.37. The third kappa shape index (κ3) is 3.38. The van der Waals surface area contributed by atoms with Gasteiger partial charge in [0.1, 0.15) is 0 Å². The topological polar surface area (TPSA) is 23.8 Å². The van der Waals surface area contributed by atoms with E-state index in [9.17, 15) is 0 Å². The summed E-state index contributed by atoms with van der Waals surface area (Å²) < 4.78 is 0. The molecule has 8 heavy (non-hydrogen) atoms. The molecule has 0 heterocycles. The van der Waals surface area contributed by atoms with E-state index >= 15 is 0 Å². The second kappa shape index (κ2) is 5.15. The fourth-order valence-electron chi connectivity index (χ4n) is 0.560. The van der Waals surface area contributed by atoms with E-state index in [-0.39, 0.29) is 42.1 Å². The van der Waals surface area contributed by atoms with E-state index in [0.29, 0.717) is 18.4 Å². The molecule has 0 amide bonds. The first kappa shape index (κ1) is 12.1. The molecular formula is C5H9NW2. The Morgan fingerprint density at radius 1 is 1.62 bits per heavy atom. The fourth-order valence-corrected chi connectivity index (χ4v) is 0.560. The summed E-state index contributed by atoms with van der Waals surface area (Å²) >= 11 is 0. The van der Waals surface area contributed by atoms with Crippen LogP contribution in [-0.4, -0.2) is 6.54 Å². The second-order valence-corrected chi connectivity index (χ2v) is 1.96. The standard InChI is InChI=1S/C5H9N.2W/c1-4-2-5(4)3-6;;/h4-6H,1-3H2;;/q-2;;+2. The average Bonchev–Trinajstić information content (AvgIpc) is 2.19. The van der Waals surface area contributed by atoms with E-state index in [2.05, 4.69) is 6.92 Å². The maximum atomic E-state index is 6.81. The van der Waals surface area contributed by atoms with Gasteiger partial charge < -0.3 is 12.7 Å². The van der Waals surface area contributed by atoms with Crippen LogP contribution in [0.3, 0.4) is 0 Å². The van der Waals surface area contributed by atoms with Crippen LogP contribution in [0.15, 0.2) is 0 Å². The first-order valence-corrected chi connectivity index (χ1v) is 2.32. The molecule has 2 unspecified atom stereocenters. The molecule has 1 nitrogen and oxygen atoms in total. The molecule has 2 atom stereocenters. The molecule has 0 aromatic carbocycles. The van der Waals surface area contributed by atoms with Crippen molar-refractivity contribution in [2.75, 3.05) is 6.54 Å². The normalized spacial score (nSPS) is 32.2. The molecule has 0 aromatic rings. The molecule has 0 aromatic heterocycles. The quantitative estimate of drug-likeness (QED) is 0.541. The molecule has 1 saturated carbocycles. The van der Waals surface area contributed by atoms with E-state index in [1.54, 1.807) is 0 Å². The summed E-state index contributed by atoms with van der Waals surface area (Å²) in [6.07, 6.45) is 1.20. The maximum Gasteiger partial charge on any atom is 2.00 e. The van der Waals surface area contributed by atoms with Crippen molar-refractivity contribution in [3.8, 4) is 0 Å². The van der Waals surface area contributed by atoms with Gasteiger partial charge in [0.2, 0.25) is 0 Å². The van der Waals surface area contributed by atoms with Gasteiger partial charge >= 0.3 is 21.1 Å². The molecule has 0 spiro atoms. The van der Waals surface area contributed by atoms with Crippen molar-refractivity contribution in [1.82, 2.24) is 0 Å². The zero-order valence-electron chi connectivity index (χ0n) is 4.59. The van der Waals surface area contributed by atoms with E-state index in [4.69, 9.17) is 5.73 Å². The molecule has 0 aliphatic heterocycles. The van der Waals surface area contributed by atoms with Gasteiger partial charge in [-0.05, 0) is 0 Å². The van der Waals surface area contributed by atoms with Crippen molar-refractivity contribution < 1.29 is 42.1 Å². The maximum absolute atomic E-state index is 6.81. The predicted octanol–water partition coefficient (Wildman–Crippen LogP) is 1.50. The van der Waals surface area contributed by atoms with Gasteiger partial charge in [0.25, 0.3) is 0 Å². The van der Waals surface area contributed by atoms with Crippen molar-refractivity contribution in [2.45, 2.75) is 6.42 Å². The number of hydrogen-bond acceptors (Lipinski definition) is 0. The Hall–Kier alpha value is 1.34. The fraction of sp³-hybridized carbons (Fsp3) is 0.800. The number of rotatable bonds is 1. The van der Waals surface area contributed by atoms with Crippen LogP contribution in [0.5, 0.6) is 0 Å². The van der Waals surface area contributed by atoms with E-state index in [1.165, 1.54) is 6.42 Å². The molecule has 1 aliphatic rings. The number of hydrogen-bond donors (Lipinski definition) is 0. The summed E-state index contributed by atoms with van der Waals surface area (Å²) in [5, 5.41) is 0. The van der Waals surface area contributed by atoms with Crippen molar-refractivity contribution in [2.24, 2.45) is 11.8 Å². The first-order valence-electron chi connectivity index (χ1n) is 2.32. The minimum Gasteiger partial charge on any atom is -0.677 e. The Bertz CT molecular complexity index is 56.4. The van der Waals surface area contributed by atoms with Gasteiger partial charge in [-0.25, -0.2) is 0 Å². The van der Waals surface area contributed by atoms with Gasteiger partial charge in [-0.1, -0.05) is 12.3 Å². The van der Waals surface area contributed by atoms with Crippen LogP contribution in [0.25, 0.3) is 5.73 Å². The summed E-state index contributed by atoms with van der Waals surface area (Å²) in [5.41, 5.74) is 6.81. The zero-order valence-corrected chi connectivity index (χ0v) is 10.5. The van der Waals surface area contributed by atoms with Gasteiger partial charge in [-0.2, -0.15) is 12.5 Å². The van der Waals surface area contributed by atoms with E-state index in [0.717, 1.165) is 0 Å². The van der Waals surface area contributed by atoms with Crippen LogP contribution in [0.2, 0.25) is 0 Å². The Morgan fingerprint density at radius 3 is 2.00 bits per heavy atom. The molecule has 46 valence electrons. The summed E-state index contributed by atoms with van der Waals surface area (Å²) in [5.74, 6) is 1.28. The van der Waals surface area contributed by atoms with Crippen molar-refractivity contribution in [3.63, 3.8) is 0 Å². The molecule has 0 bridgehead atoms. The van der Waals surface area contributed by atoms with Crippen LogP contribution in [-0.2, 0) is 42.1 Å². The minimum absolute atomic E-state index is 0. The Balaban J connectivity index is 0. The van der Waals surface area contributed by atoms with Gasteiger partial charge in [-0.3, -0.25) is 0 Å². The number of nitrogens with one attached hydrogen (secondary N) is 1. The Morgan fingerprint density at radius 2 is 2.00 bits per heavy atom. The largest absolute Gasteiger partial charge is 2.00 e. The molecular weight excluding hydrogens is 442 g/mol. The van der Waals surface area contributed by atoms with Crippen molar-refractivity contribution >= 4 is 0 Å². The molecule has 0 radical (unpaired) electrons. The summed E-state index contributed by atoms with van der Waals surface area (Å²) in [7, 11) is 0. The average molecular weight is 451 g/mol. The molecule has 3 heteroatoms. The van der Waals surface area contributed by atoms with Gasteiger partial charge in [-0.15, -0.1) is 0 Å². The molecule has 1 N–H and O–H groups in total. The van der Waals surface area contributed by atoms with E-state index in [1.807, 2.05) is 0 Å². The molecule has 1 rings (SSSR count). The molecule has 0 saturated heterocycles. The van der Waals surface area contributed by atoms with Crippen LogP contribution in [0.1, 0.15) is 6.42 Å². The minimum atomic E-state index is 0. The predicted molar refractivity (Wildman–Crippen MR) is 26.1 cm³/mol. The summed E-state index contributed by atoms with van der Waals surface area (Å²) in [6, 6.07) is 0. The van der Waals surface area contributed by atoms with Crippen LogP contribution >= 0.6 is 0 Å². The van der Waals surface area contributed by atoms with Crippen LogP contribution in [0.4, 0.5) is 0 Å². The van der Waals surface area contributed by atoms with Gasteiger partial charge in [0.05, 0.1) is 0 Å². The van der Waals surface area contributed by atoms with E-state index < -0.39 is 0 Å². The third-order valence-corrected chi connectivity index (χ3v) is 1.33. The zero-order chi connectivity index (χ0) is 4.57. The van der Waals surface area contributed by atoms with Crippen LogP contribution in [0, 0.1) is 18.8 Å². The third-order valence-electron chi connectivity index (χ3n) is 1.33. The first-order chi connectivity index (χ1) is 2.84.